The van der Waals surface area contributed by atoms with E-state index in [2.05, 4.69) is 29.4 Å². The Labute approximate surface area is 142 Å². The maximum absolute atomic E-state index is 5.23. The first-order chi connectivity index (χ1) is 11.2. The van der Waals surface area contributed by atoms with E-state index in [0.717, 1.165) is 51.3 Å². The molecule has 0 radical (unpaired) electrons. The molecule has 134 valence electrons. The highest BCUT2D eigenvalue weighted by Crippen LogP contribution is 2.43. The number of hydrogen-bond donors (Lipinski definition) is 2. The molecule has 0 saturated heterocycles. The predicted octanol–water partition coefficient (Wildman–Crippen LogP) is 2.23. The molecule has 2 saturated carbocycles. The summed E-state index contributed by atoms with van der Waals surface area (Å²) in [5.74, 6) is 0.981. The van der Waals surface area contributed by atoms with Crippen molar-refractivity contribution in [3.8, 4) is 0 Å². The lowest BCUT2D eigenvalue weighted by Gasteiger charge is -2.40. The highest BCUT2D eigenvalue weighted by Gasteiger charge is 2.34. The second kappa shape index (κ2) is 9.48. The summed E-state index contributed by atoms with van der Waals surface area (Å²) in [5.41, 5.74) is 0.487. The van der Waals surface area contributed by atoms with Gasteiger partial charge in [-0.05, 0) is 44.4 Å². The Balaban J connectivity index is 1.74. The van der Waals surface area contributed by atoms with Crippen LogP contribution in [0.4, 0.5) is 0 Å². The molecule has 23 heavy (non-hydrogen) atoms. The average Bonchev–Trinajstić information content (AvgIpc) is 3.34. The Morgan fingerprint density at radius 3 is 2.52 bits per heavy atom. The van der Waals surface area contributed by atoms with Gasteiger partial charge < -0.3 is 15.4 Å². The zero-order valence-electron chi connectivity index (χ0n) is 15.4. The summed E-state index contributed by atoms with van der Waals surface area (Å²) in [5, 5.41) is 6.90. The molecular weight excluding hydrogens is 288 g/mol. The quantitative estimate of drug-likeness (QED) is 0.452. The van der Waals surface area contributed by atoms with Crippen molar-refractivity contribution in [3.63, 3.8) is 0 Å². The summed E-state index contributed by atoms with van der Waals surface area (Å²) >= 11 is 0. The second-order valence-corrected chi connectivity index (χ2v) is 7.09. The van der Waals surface area contributed by atoms with Crippen LogP contribution >= 0.6 is 0 Å². The number of nitrogens with one attached hydrogen (secondary N) is 2. The normalized spacial score (nSPS) is 20.4. The van der Waals surface area contributed by atoms with Gasteiger partial charge in [-0.25, -0.2) is 0 Å². The smallest absolute Gasteiger partial charge is 0.191 e. The van der Waals surface area contributed by atoms with Crippen molar-refractivity contribution in [1.29, 1.82) is 0 Å². The van der Waals surface area contributed by atoms with Gasteiger partial charge in [0.2, 0.25) is 0 Å². The average molecular weight is 325 g/mol. The maximum Gasteiger partial charge on any atom is 0.191 e. The molecule has 0 aliphatic heterocycles. The van der Waals surface area contributed by atoms with Gasteiger partial charge in [0.1, 0.15) is 0 Å². The number of guanidine groups is 1. The van der Waals surface area contributed by atoms with Crippen LogP contribution in [0, 0.1) is 5.41 Å². The summed E-state index contributed by atoms with van der Waals surface area (Å²) < 4.78 is 5.23. The van der Waals surface area contributed by atoms with E-state index in [4.69, 9.17) is 9.73 Å². The molecule has 0 spiro atoms. The van der Waals surface area contributed by atoms with E-state index in [9.17, 15) is 0 Å². The largest absolute Gasteiger partial charge is 0.383 e. The Morgan fingerprint density at radius 2 is 2.00 bits per heavy atom. The van der Waals surface area contributed by atoms with Gasteiger partial charge in [0, 0.05) is 45.9 Å². The number of hydrogen-bond acceptors (Lipinski definition) is 3. The Kier molecular flexibility index (Phi) is 7.63. The van der Waals surface area contributed by atoms with E-state index in [1.807, 2.05) is 0 Å². The Hall–Kier alpha value is -0.810. The maximum atomic E-state index is 5.23. The molecule has 0 heterocycles. The third kappa shape index (κ3) is 5.96. The Bertz CT molecular complexity index is 359. The first kappa shape index (κ1) is 18.5. The lowest BCUT2D eigenvalue weighted by atomic mass is 9.67. The van der Waals surface area contributed by atoms with Gasteiger partial charge in [-0.3, -0.25) is 9.89 Å². The fourth-order valence-electron chi connectivity index (χ4n) is 3.33. The van der Waals surface area contributed by atoms with E-state index in [1.54, 1.807) is 7.11 Å². The van der Waals surface area contributed by atoms with Crippen LogP contribution in [0.5, 0.6) is 0 Å². The molecule has 0 atom stereocenters. The molecule has 0 aromatic rings. The monoisotopic (exact) mass is 324 g/mol. The summed E-state index contributed by atoms with van der Waals surface area (Å²) in [6.07, 6.45) is 8.01. The topological polar surface area (TPSA) is 48.9 Å². The van der Waals surface area contributed by atoms with Gasteiger partial charge in [0.15, 0.2) is 5.96 Å². The van der Waals surface area contributed by atoms with Crippen molar-refractivity contribution in [2.75, 3.05) is 46.4 Å². The molecule has 0 amide bonds. The highest BCUT2D eigenvalue weighted by atomic mass is 16.5. The third-order valence-corrected chi connectivity index (χ3v) is 5.42. The lowest BCUT2D eigenvalue weighted by Crippen LogP contribution is -2.43. The summed E-state index contributed by atoms with van der Waals surface area (Å²) in [4.78, 5) is 7.39. The SMILES string of the molecule is CCNC(=NCC1(CC)CCC1)NCCN(CCOC)C1CC1. The van der Waals surface area contributed by atoms with Crippen molar-refractivity contribution >= 4 is 5.96 Å². The van der Waals surface area contributed by atoms with Crippen molar-refractivity contribution in [1.82, 2.24) is 15.5 Å². The van der Waals surface area contributed by atoms with Crippen molar-refractivity contribution in [2.45, 2.75) is 58.4 Å². The second-order valence-electron chi connectivity index (χ2n) is 7.09. The van der Waals surface area contributed by atoms with Crippen LogP contribution < -0.4 is 10.6 Å². The molecule has 5 heteroatoms. The molecule has 0 unspecified atom stereocenters. The lowest BCUT2D eigenvalue weighted by molar-refractivity contribution is 0.139. The van der Waals surface area contributed by atoms with E-state index < -0.39 is 0 Å². The minimum Gasteiger partial charge on any atom is -0.383 e. The van der Waals surface area contributed by atoms with Crippen molar-refractivity contribution in [2.24, 2.45) is 10.4 Å². The van der Waals surface area contributed by atoms with Crippen LogP contribution in [0.2, 0.25) is 0 Å². The van der Waals surface area contributed by atoms with E-state index in [-0.39, 0.29) is 0 Å². The van der Waals surface area contributed by atoms with E-state index in [0.29, 0.717) is 5.41 Å². The van der Waals surface area contributed by atoms with Crippen LogP contribution in [0.1, 0.15) is 52.4 Å². The molecular formula is C18H36N4O. The zero-order chi connectivity index (χ0) is 16.5. The van der Waals surface area contributed by atoms with Crippen LogP contribution in [0.3, 0.4) is 0 Å². The van der Waals surface area contributed by atoms with Gasteiger partial charge in [-0.15, -0.1) is 0 Å². The molecule has 2 aliphatic rings. The highest BCUT2D eigenvalue weighted by molar-refractivity contribution is 5.79. The molecule has 2 N–H and O–H groups in total. The van der Waals surface area contributed by atoms with Gasteiger partial charge >= 0.3 is 0 Å². The number of methoxy groups -OCH3 is 1. The molecule has 0 aromatic carbocycles. The standard InChI is InChI=1S/C18H36N4O/c1-4-18(9-6-10-18)15-21-17(19-5-2)20-11-12-22(13-14-23-3)16-7-8-16/h16H,4-15H2,1-3H3,(H2,19,20,21). The van der Waals surface area contributed by atoms with Crippen LogP contribution in [0.15, 0.2) is 4.99 Å². The predicted molar refractivity (Wildman–Crippen MR) is 97.0 cm³/mol. The Morgan fingerprint density at radius 1 is 1.22 bits per heavy atom. The fraction of sp³-hybridized carbons (Fsp3) is 0.944. The molecule has 0 aromatic heterocycles. The summed E-state index contributed by atoms with van der Waals surface area (Å²) in [6, 6.07) is 0.782. The van der Waals surface area contributed by atoms with Gasteiger partial charge in [-0.2, -0.15) is 0 Å². The molecule has 5 nitrogen and oxygen atoms in total. The molecule has 0 bridgehead atoms. The van der Waals surface area contributed by atoms with Crippen molar-refractivity contribution in [3.05, 3.63) is 0 Å². The van der Waals surface area contributed by atoms with Crippen molar-refractivity contribution < 1.29 is 4.74 Å². The molecule has 2 aliphatic carbocycles. The number of aliphatic imine (C=N–C) groups is 1. The summed E-state index contributed by atoms with van der Waals surface area (Å²) in [6.45, 7) is 10.2. The number of ether oxygens (including phenoxy) is 1. The van der Waals surface area contributed by atoms with Crippen LogP contribution in [0.25, 0.3) is 0 Å². The molecule has 2 fully saturated rings. The summed E-state index contributed by atoms with van der Waals surface area (Å²) in [7, 11) is 1.78. The van der Waals surface area contributed by atoms with Crippen LogP contribution in [-0.2, 0) is 4.74 Å². The minimum absolute atomic E-state index is 0.487. The van der Waals surface area contributed by atoms with Gasteiger partial charge in [0.05, 0.1) is 6.61 Å². The first-order valence-electron chi connectivity index (χ1n) is 9.48. The number of nitrogens with zero attached hydrogens (tertiary/aromatic N) is 2. The van der Waals surface area contributed by atoms with Gasteiger partial charge in [0.25, 0.3) is 0 Å². The zero-order valence-corrected chi connectivity index (χ0v) is 15.4. The van der Waals surface area contributed by atoms with Crippen LogP contribution in [-0.4, -0.2) is 63.3 Å². The number of rotatable bonds is 11. The first-order valence-corrected chi connectivity index (χ1v) is 9.48. The molecule has 2 rings (SSSR count). The van der Waals surface area contributed by atoms with E-state index >= 15 is 0 Å². The van der Waals surface area contributed by atoms with E-state index in [1.165, 1.54) is 38.5 Å². The fourth-order valence-corrected chi connectivity index (χ4v) is 3.33. The third-order valence-electron chi connectivity index (χ3n) is 5.42. The minimum atomic E-state index is 0.487. The van der Waals surface area contributed by atoms with Gasteiger partial charge in [-0.1, -0.05) is 13.3 Å².